The largest absolute Gasteiger partial charge is 0.507 e. The molecular formula is C57H38O2. The maximum absolute atomic E-state index is 11.6. The van der Waals surface area contributed by atoms with Crippen molar-refractivity contribution in [2.45, 2.75) is 5.41 Å². The number of hydrogen-bond acceptors (Lipinski definition) is 2. The minimum Gasteiger partial charge on any atom is -0.507 e. The summed E-state index contributed by atoms with van der Waals surface area (Å²) in [7, 11) is 0. The van der Waals surface area contributed by atoms with Crippen molar-refractivity contribution in [1.29, 1.82) is 0 Å². The van der Waals surface area contributed by atoms with E-state index in [9.17, 15) is 10.2 Å². The summed E-state index contributed by atoms with van der Waals surface area (Å²) >= 11 is 0. The molecular weight excluding hydrogens is 717 g/mol. The van der Waals surface area contributed by atoms with Gasteiger partial charge in [-0.25, -0.2) is 0 Å². The summed E-state index contributed by atoms with van der Waals surface area (Å²) < 4.78 is 0. The molecule has 10 aromatic carbocycles. The van der Waals surface area contributed by atoms with Crippen LogP contribution >= 0.6 is 0 Å². The Balaban J connectivity index is 1.33. The predicted molar refractivity (Wildman–Crippen MR) is 244 cm³/mol. The van der Waals surface area contributed by atoms with Crippen LogP contribution in [0.15, 0.2) is 218 Å². The highest BCUT2D eigenvalue weighted by Crippen LogP contribution is 2.62. The fraction of sp³-hybridized carbons (Fsp3) is 0.0175. The number of fused-ring (bicyclic) bond motifs is 5. The molecule has 10 aromatic rings. The minimum absolute atomic E-state index is 0.221. The summed E-state index contributed by atoms with van der Waals surface area (Å²) in [6, 6.07) is 76.5. The number of hydrogen-bond donors (Lipinski definition) is 2. The molecule has 0 aromatic heterocycles. The number of aromatic hydroxyl groups is 2. The number of rotatable bonds is 6. The van der Waals surface area contributed by atoms with Crippen LogP contribution in [0.1, 0.15) is 22.3 Å². The molecule has 0 spiro atoms. The molecule has 0 amide bonds. The Kier molecular flexibility index (Phi) is 8.06. The third-order valence-corrected chi connectivity index (χ3v) is 12.4. The zero-order valence-corrected chi connectivity index (χ0v) is 32.2. The monoisotopic (exact) mass is 754 g/mol. The summed E-state index contributed by atoms with van der Waals surface area (Å²) in [4.78, 5) is 0. The van der Waals surface area contributed by atoms with Crippen molar-refractivity contribution in [3.05, 3.63) is 241 Å². The molecule has 59 heavy (non-hydrogen) atoms. The van der Waals surface area contributed by atoms with Crippen molar-refractivity contribution in [1.82, 2.24) is 0 Å². The lowest BCUT2D eigenvalue weighted by atomic mass is 9.66. The molecule has 278 valence electrons. The van der Waals surface area contributed by atoms with Gasteiger partial charge in [0.15, 0.2) is 0 Å². The van der Waals surface area contributed by atoms with Gasteiger partial charge in [0.1, 0.15) is 11.5 Å². The van der Waals surface area contributed by atoms with Gasteiger partial charge in [-0.1, -0.05) is 194 Å². The van der Waals surface area contributed by atoms with Crippen LogP contribution in [0.3, 0.4) is 0 Å². The van der Waals surface area contributed by atoms with E-state index in [-0.39, 0.29) is 11.5 Å². The molecule has 0 bridgehead atoms. The number of phenolic OH excluding ortho intramolecular Hbond substituents is 2. The molecule has 0 fully saturated rings. The smallest absolute Gasteiger partial charge is 0.123 e. The molecule has 0 saturated heterocycles. The molecule has 1 aliphatic rings. The molecule has 0 radical (unpaired) electrons. The van der Waals surface area contributed by atoms with Crippen LogP contribution < -0.4 is 0 Å². The van der Waals surface area contributed by atoms with Gasteiger partial charge >= 0.3 is 0 Å². The molecule has 0 atom stereocenters. The van der Waals surface area contributed by atoms with Crippen molar-refractivity contribution < 1.29 is 10.2 Å². The SMILES string of the molecule is Oc1ccc(C2(c3ccc(O)c(-c4ccccc4)c3)c3cccc(-c4cccc5ccccc45)c3-c3c(-c4cccc5ccccc45)cccc32)cc1-c1ccccc1. The summed E-state index contributed by atoms with van der Waals surface area (Å²) in [6.45, 7) is 0. The van der Waals surface area contributed by atoms with Crippen LogP contribution in [-0.2, 0) is 5.41 Å². The van der Waals surface area contributed by atoms with E-state index in [1.165, 1.54) is 43.8 Å². The second kappa shape index (κ2) is 13.8. The van der Waals surface area contributed by atoms with Crippen molar-refractivity contribution in [3.8, 4) is 67.1 Å². The van der Waals surface area contributed by atoms with Crippen LogP contribution in [-0.4, -0.2) is 10.2 Å². The van der Waals surface area contributed by atoms with Gasteiger partial charge in [-0.05, 0) is 113 Å². The first-order valence-electron chi connectivity index (χ1n) is 20.1. The lowest BCUT2D eigenvalue weighted by Gasteiger charge is -2.35. The highest BCUT2D eigenvalue weighted by Gasteiger charge is 2.48. The average Bonchev–Trinajstić information content (AvgIpc) is 3.61. The van der Waals surface area contributed by atoms with E-state index in [1.54, 1.807) is 0 Å². The molecule has 2 N–H and O–H groups in total. The first-order chi connectivity index (χ1) is 29.1. The maximum atomic E-state index is 11.6. The summed E-state index contributed by atoms with van der Waals surface area (Å²) in [5.74, 6) is 0.441. The molecule has 0 saturated carbocycles. The molecule has 0 aliphatic heterocycles. The number of phenols is 2. The highest BCUT2D eigenvalue weighted by molar-refractivity contribution is 6.09. The van der Waals surface area contributed by atoms with E-state index in [0.717, 1.165) is 55.6 Å². The molecule has 2 heteroatoms. The van der Waals surface area contributed by atoms with E-state index >= 15 is 0 Å². The van der Waals surface area contributed by atoms with Crippen LogP contribution in [0.25, 0.3) is 77.2 Å². The van der Waals surface area contributed by atoms with Crippen LogP contribution in [0.2, 0.25) is 0 Å². The van der Waals surface area contributed by atoms with Gasteiger partial charge in [0.25, 0.3) is 0 Å². The molecule has 11 rings (SSSR count). The van der Waals surface area contributed by atoms with Gasteiger partial charge < -0.3 is 10.2 Å². The van der Waals surface area contributed by atoms with Gasteiger partial charge in [0, 0.05) is 11.1 Å². The Labute approximate surface area is 343 Å². The average molecular weight is 755 g/mol. The Bertz CT molecular complexity index is 3010. The fourth-order valence-corrected chi connectivity index (χ4v) is 9.81. The maximum Gasteiger partial charge on any atom is 0.123 e. The zero-order chi connectivity index (χ0) is 39.5. The third kappa shape index (κ3) is 5.34. The van der Waals surface area contributed by atoms with Crippen molar-refractivity contribution >= 4 is 21.5 Å². The summed E-state index contributed by atoms with van der Waals surface area (Å²) in [5, 5.41) is 27.9. The molecule has 2 nitrogen and oxygen atoms in total. The quantitative estimate of drug-likeness (QED) is 0.177. The number of benzene rings is 10. The lowest BCUT2D eigenvalue weighted by Crippen LogP contribution is -2.28. The second-order valence-corrected chi connectivity index (χ2v) is 15.5. The Hall–Kier alpha value is -7.68. The lowest BCUT2D eigenvalue weighted by molar-refractivity contribution is 0.477. The first-order valence-corrected chi connectivity index (χ1v) is 20.1. The van der Waals surface area contributed by atoms with Gasteiger partial charge in [-0.2, -0.15) is 0 Å². The highest BCUT2D eigenvalue weighted by atomic mass is 16.3. The fourth-order valence-electron chi connectivity index (χ4n) is 9.81. The third-order valence-electron chi connectivity index (χ3n) is 12.4. The second-order valence-electron chi connectivity index (χ2n) is 15.5. The minimum atomic E-state index is -0.875. The summed E-state index contributed by atoms with van der Waals surface area (Å²) in [6.07, 6.45) is 0. The van der Waals surface area contributed by atoms with Gasteiger partial charge in [-0.3, -0.25) is 0 Å². The van der Waals surface area contributed by atoms with E-state index in [1.807, 2.05) is 72.8 Å². The Morgan fingerprint density at radius 2 is 0.661 bits per heavy atom. The van der Waals surface area contributed by atoms with E-state index in [0.29, 0.717) is 0 Å². The Morgan fingerprint density at radius 1 is 0.288 bits per heavy atom. The van der Waals surface area contributed by atoms with Crippen molar-refractivity contribution in [2.24, 2.45) is 0 Å². The zero-order valence-electron chi connectivity index (χ0n) is 32.2. The first kappa shape index (κ1) is 34.6. The standard InChI is InChI=1S/C57H38O2/c58-53-33-31-41(35-49(53)39-15-3-1-4-16-39)57(42-32-34-54(59)50(36-42)40-17-5-2-6-18-40)51-29-13-27-47(45-25-11-21-37-19-7-9-23-43(37)45)55(51)56-48(28-14-30-52(56)57)46-26-12-22-38-20-8-10-24-44(38)46/h1-36,58-59H. The summed E-state index contributed by atoms with van der Waals surface area (Å²) in [5.41, 5.74) is 13.8. The predicted octanol–water partition coefficient (Wildman–Crippen LogP) is 14.4. The van der Waals surface area contributed by atoms with Crippen molar-refractivity contribution in [2.75, 3.05) is 0 Å². The van der Waals surface area contributed by atoms with Crippen LogP contribution in [0.4, 0.5) is 0 Å². The van der Waals surface area contributed by atoms with E-state index in [4.69, 9.17) is 0 Å². The van der Waals surface area contributed by atoms with E-state index in [2.05, 4.69) is 146 Å². The van der Waals surface area contributed by atoms with Gasteiger partial charge in [0.05, 0.1) is 5.41 Å². The van der Waals surface area contributed by atoms with Gasteiger partial charge in [0.2, 0.25) is 0 Å². The topological polar surface area (TPSA) is 40.5 Å². The van der Waals surface area contributed by atoms with Crippen molar-refractivity contribution in [3.63, 3.8) is 0 Å². The normalized spacial score (nSPS) is 12.7. The molecule has 0 unspecified atom stereocenters. The molecule has 0 heterocycles. The molecule has 1 aliphatic carbocycles. The van der Waals surface area contributed by atoms with Gasteiger partial charge in [-0.15, -0.1) is 0 Å². The Morgan fingerprint density at radius 3 is 1.12 bits per heavy atom. The van der Waals surface area contributed by atoms with Crippen LogP contribution in [0.5, 0.6) is 11.5 Å². The van der Waals surface area contributed by atoms with E-state index < -0.39 is 5.41 Å². The van der Waals surface area contributed by atoms with Crippen LogP contribution in [0, 0.1) is 0 Å².